The van der Waals surface area contributed by atoms with Crippen LogP contribution in [0.5, 0.6) is 0 Å². The second-order valence-corrected chi connectivity index (χ2v) is 6.45. The van der Waals surface area contributed by atoms with Gasteiger partial charge in [-0.3, -0.25) is 4.79 Å². The summed E-state index contributed by atoms with van der Waals surface area (Å²) in [5.74, 6) is -0.513. The molecular weight excluding hydrogens is 340 g/mol. The highest BCUT2D eigenvalue weighted by Gasteiger charge is 2.25. The third kappa shape index (κ3) is 8.27. The van der Waals surface area contributed by atoms with E-state index in [-0.39, 0.29) is 19.6 Å². The highest BCUT2D eigenvalue weighted by atomic mass is 32.1. The van der Waals surface area contributed by atoms with Crippen molar-refractivity contribution in [3.05, 3.63) is 26.7 Å². The summed E-state index contributed by atoms with van der Waals surface area (Å²) in [6, 6.07) is -0.919. The van der Waals surface area contributed by atoms with Gasteiger partial charge in [0, 0.05) is 18.3 Å². The summed E-state index contributed by atoms with van der Waals surface area (Å²) in [6.45, 7) is 4.77. The molecule has 0 spiro atoms. The molecule has 0 bridgehead atoms. The third-order valence-corrected chi connectivity index (χ3v) is 3.14. The van der Waals surface area contributed by atoms with Crippen LogP contribution in [0.4, 0.5) is 4.79 Å². The lowest BCUT2D eigenvalue weighted by molar-refractivity contribution is -0.757. The van der Waals surface area contributed by atoms with E-state index in [1.807, 2.05) is 0 Å². The number of hydrogen-bond donors (Lipinski definition) is 2. The molecule has 2 N–H and O–H groups in total. The van der Waals surface area contributed by atoms with Gasteiger partial charge in [0.2, 0.25) is 5.91 Å². The Morgan fingerprint density at radius 3 is 2.71 bits per heavy atom. The molecule has 0 saturated heterocycles. The molecule has 1 aromatic heterocycles. The van der Waals surface area contributed by atoms with Crippen LogP contribution in [0.25, 0.3) is 0 Å². The Bertz CT molecular complexity index is 557. The molecule has 11 heteroatoms. The Hall–Kier alpha value is -2.43. The Kier molecular flexibility index (Phi) is 7.36. The summed E-state index contributed by atoms with van der Waals surface area (Å²) in [5, 5.41) is 15.8. The van der Waals surface area contributed by atoms with Crippen molar-refractivity contribution in [3.8, 4) is 0 Å². The molecule has 24 heavy (non-hydrogen) atoms. The Morgan fingerprint density at radius 1 is 1.46 bits per heavy atom. The van der Waals surface area contributed by atoms with Crippen LogP contribution < -0.4 is 10.6 Å². The Labute approximate surface area is 142 Å². The lowest BCUT2D eigenvalue weighted by Gasteiger charge is -2.23. The maximum Gasteiger partial charge on any atom is 0.408 e. The topological polar surface area (TPSA) is 133 Å². The first-order valence-electron chi connectivity index (χ1n) is 7.09. The van der Waals surface area contributed by atoms with E-state index in [1.165, 1.54) is 11.3 Å². The Balaban J connectivity index is 2.61. The molecule has 0 aliphatic rings. The zero-order chi connectivity index (χ0) is 18.2. The fraction of sp³-hybridized carbons (Fsp3) is 0.615. The minimum absolute atomic E-state index is 0.0661. The summed E-state index contributed by atoms with van der Waals surface area (Å²) < 4.78 is 5.13. The van der Waals surface area contributed by atoms with Gasteiger partial charge in [-0.15, -0.1) is 21.5 Å². The number of amides is 2. The number of nitrogens with one attached hydrogen (secondary N) is 2. The predicted molar refractivity (Wildman–Crippen MR) is 84.9 cm³/mol. The monoisotopic (exact) mass is 360 g/mol. The number of carbonyl (C=O) groups excluding carboxylic acids is 2. The van der Waals surface area contributed by atoms with Gasteiger partial charge in [0.25, 0.3) is 5.09 Å². The molecule has 0 aliphatic carbocycles. The number of aromatic nitrogens is 1. The van der Waals surface area contributed by atoms with Crippen molar-refractivity contribution in [2.75, 3.05) is 13.2 Å². The smallest absolute Gasteiger partial charge is 0.408 e. The van der Waals surface area contributed by atoms with E-state index in [0.29, 0.717) is 5.69 Å². The van der Waals surface area contributed by atoms with Crippen LogP contribution in [-0.2, 0) is 20.8 Å². The molecule has 0 saturated carbocycles. The molecule has 10 nitrogen and oxygen atoms in total. The predicted octanol–water partition coefficient (Wildman–Crippen LogP) is 0.903. The van der Waals surface area contributed by atoms with E-state index in [9.17, 15) is 19.7 Å². The number of thiazole rings is 1. The summed E-state index contributed by atoms with van der Waals surface area (Å²) in [7, 11) is 0. The minimum atomic E-state index is -0.947. The van der Waals surface area contributed by atoms with Gasteiger partial charge >= 0.3 is 6.09 Å². The number of hydrogen-bond acceptors (Lipinski definition) is 8. The van der Waals surface area contributed by atoms with Crippen LogP contribution in [0, 0.1) is 10.1 Å². The van der Waals surface area contributed by atoms with Gasteiger partial charge in [0.05, 0.1) is 11.2 Å². The van der Waals surface area contributed by atoms with Crippen LogP contribution in [-0.4, -0.2) is 46.9 Å². The molecule has 134 valence electrons. The van der Waals surface area contributed by atoms with Crippen molar-refractivity contribution in [1.82, 2.24) is 15.6 Å². The number of ether oxygens (including phenoxy) is 1. The molecule has 1 heterocycles. The van der Waals surface area contributed by atoms with Gasteiger partial charge in [-0.05, 0) is 20.8 Å². The minimum Gasteiger partial charge on any atom is -0.444 e. The van der Waals surface area contributed by atoms with E-state index < -0.39 is 28.7 Å². The maximum atomic E-state index is 12.2. The molecule has 2 amide bonds. The number of nitrogens with zero attached hydrogens (tertiary/aromatic N) is 2. The van der Waals surface area contributed by atoms with Gasteiger partial charge in [-0.1, -0.05) is 0 Å². The number of carbonyl (C=O) groups is 2. The molecule has 1 rings (SSSR count). The van der Waals surface area contributed by atoms with E-state index in [2.05, 4.69) is 20.5 Å². The van der Waals surface area contributed by atoms with Crippen molar-refractivity contribution < 1.29 is 24.3 Å². The highest BCUT2D eigenvalue weighted by Crippen LogP contribution is 2.09. The van der Waals surface area contributed by atoms with Crippen molar-refractivity contribution in [2.45, 2.75) is 38.8 Å². The van der Waals surface area contributed by atoms with Gasteiger partial charge in [-0.2, -0.15) is 0 Å². The maximum absolute atomic E-state index is 12.2. The van der Waals surface area contributed by atoms with Gasteiger partial charge in [0.1, 0.15) is 18.2 Å². The zero-order valence-electron chi connectivity index (χ0n) is 13.6. The highest BCUT2D eigenvalue weighted by molar-refractivity contribution is 7.07. The van der Waals surface area contributed by atoms with Gasteiger partial charge in [0.15, 0.2) is 0 Å². The van der Waals surface area contributed by atoms with Crippen molar-refractivity contribution in [2.24, 2.45) is 0 Å². The summed E-state index contributed by atoms with van der Waals surface area (Å²) in [4.78, 5) is 42.3. The average Bonchev–Trinajstić information content (AvgIpc) is 2.93. The van der Waals surface area contributed by atoms with Gasteiger partial charge < -0.3 is 20.2 Å². The van der Waals surface area contributed by atoms with Crippen LogP contribution in [0.3, 0.4) is 0 Å². The first-order chi connectivity index (χ1) is 11.2. The summed E-state index contributed by atoms with van der Waals surface area (Å²) >= 11 is 1.37. The van der Waals surface area contributed by atoms with Crippen LogP contribution in [0.15, 0.2) is 10.9 Å². The molecule has 0 aromatic carbocycles. The van der Waals surface area contributed by atoms with Crippen molar-refractivity contribution >= 4 is 23.3 Å². The molecular formula is C13H20N4O6S. The largest absolute Gasteiger partial charge is 0.444 e. The summed E-state index contributed by atoms with van der Waals surface area (Å²) in [5.41, 5.74) is 1.55. The number of rotatable bonds is 8. The molecule has 1 aromatic rings. The van der Waals surface area contributed by atoms with Crippen molar-refractivity contribution in [3.63, 3.8) is 0 Å². The fourth-order valence-electron chi connectivity index (χ4n) is 1.62. The number of alkyl carbamates (subject to hydrolysis) is 1. The van der Waals surface area contributed by atoms with E-state index >= 15 is 0 Å². The van der Waals surface area contributed by atoms with Crippen LogP contribution >= 0.6 is 11.3 Å². The first kappa shape index (κ1) is 19.6. The lowest BCUT2D eigenvalue weighted by Crippen LogP contribution is -2.50. The van der Waals surface area contributed by atoms with Crippen LogP contribution in [0.2, 0.25) is 0 Å². The normalized spacial score (nSPS) is 12.1. The van der Waals surface area contributed by atoms with Crippen molar-refractivity contribution in [1.29, 1.82) is 0 Å². The van der Waals surface area contributed by atoms with Crippen LogP contribution in [0.1, 0.15) is 26.5 Å². The van der Waals surface area contributed by atoms with E-state index in [0.717, 1.165) is 0 Å². The summed E-state index contributed by atoms with van der Waals surface area (Å²) in [6.07, 6.45) is -0.565. The third-order valence-electron chi connectivity index (χ3n) is 2.50. The average molecular weight is 360 g/mol. The molecule has 0 unspecified atom stereocenters. The fourth-order valence-corrected chi connectivity index (χ4v) is 2.20. The second-order valence-electron chi connectivity index (χ2n) is 5.73. The zero-order valence-corrected chi connectivity index (χ0v) is 14.4. The molecule has 1 atom stereocenters. The lowest BCUT2D eigenvalue weighted by atomic mass is 10.1. The van der Waals surface area contributed by atoms with Gasteiger partial charge in [-0.25, -0.2) is 9.78 Å². The van der Waals surface area contributed by atoms with E-state index in [1.54, 1.807) is 31.7 Å². The molecule has 0 radical (unpaired) electrons. The Morgan fingerprint density at radius 2 is 2.17 bits per heavy atom. The SMILES string of the molecule is CC(C)(C)OC(=O)N[C@@H](Cc1cscn1)C(=O)NCCO[N+](=O)[O-]. The van der Waals surface area contributed by atoms with E-state index in [4.69, 9.17) is 4.74 Å². The quantitative estimate of drug-likeness (QED) is 0.400. The standard InChI is InChI=1S/C13H20N4O6S/c1-13(2,3)23-12(19)16-10(6-9-7-24-8-15-9)11(18)14-4-5-22-17(20)21/h7-8,10H,4-6H2,1-3H3,(H,14,18)(H,16,19)/t10-/m0/s1. The molecule has 0 fully saturated rings. The first-order valence-corrected chi connectivity index (χ1v) is 8.03. The second kappa shape index (κ2) is 9.01. The molecule has 0 aliphatic heterocycles.